The summed E-state index contributed by atoms with van der Waals surface area (Å²) in [5.74, 6) is 1.63. The summed E-state index contributed by atoms with van der Waals surface area (Å²) in [6.07, 6.45) is 3.62. The average molecular weight is 277 g/mol. The largest absolute Gasteiger partial charge is 0.496 e. The minimum Gasteiger partial charge on any atom is -0.496 e. The molecule has 1 aromatic rings. The first-order chi connectivity index (χ1) is 9.53. The number of carbonyl (C=O) groups is 1. The normalized spacial score (nSPS) is 12.2. The van der Waals surface area contributed by atoms with Crippen LogP contribution in [-0.4, -0.2) is 19.4 Å². The highest BCUT2D eigenvalue weighted by Gasteiger charge is 2.14. The first-order valence-electron chi connectivity index (χ1n) is 7.41. The first-order valence-corrected chi connectivity index (χ1v) is 7.41. The van der Waals surface area contributed by atoms with Crippen molar-refractivity contribution in [3.05, 3.63) is 28.8 Å². The molecule has 0 saturated carbocycles. The van der Waals surface area contributed by atoms with Gasteiger partial charge < -0.3 is 10.5 Å². The Balaban J connectivity index is 2.75. The Morgan fingerprint density at radius 1 is 1.25 bits per heavy atom. The molecule has 0 bridgehead atoms. The Hall–Kier alpha value is -1.35. The summed E-state index contributed by atoms with van der Waals surface area (Å²) in [4.78, 5) is 12.4. The van der Waals surface area contributed by atoms with Crippen LogP contribution in [0.1, 0.15) is 54.1 Å². The number of methoxy groups -OCH3 is 1. The molecule has 0 radical (unpaired) electrons. The summed E-state index contributed by atoms with van der Waals surface area (Å²) in [5, 5.41) is 0. The van der Waals surface area contributed by atoms with Crippen LogP contribution in [0.2, 0.25) is 0 Å². The van der Waals surface area contributed by atoms with Gasteiger partial charge in [0.15, 0.2) is 5.78 Å². The van der Waals surface area contributed by atoms with Gasteiger partial charge in [-0.2, -0.15) is 0 Å². The Labute approximate surface area is 122 Å². The predicted molar refractivity (Wildman–Crippen MR) is 83.5 cm³/mol. The minimum absolute atomic E-state index is 0.226. The van der Waals surface area contributed by atoms with Gasteiger partial charge in [0, 0.05) is 12.0 Å². The standard InChI is InChI=1S/C17H27NO2/c1-5-14(8-9-18)6-7-16(19)15-10-13(3)17(20-4)11-12(15)2/h10-11,14H,5-9,18H2,1-4H3. The highest BCUT2D eigenvalue weighted by molar-refractivity contribution is 5.97. The van der Waals surface area contributed by atoms with Crippen LogP contribution in [0.4, 0.5) is 0 Å². The van der Waals surface area contributed by atoms with E-state index in [4.69, 9.17) is 10.5 Å². The molecule has 0 aromatic heterocycles. The molecular weight excluding hydrogens is 250 g/mol. The van der Waals surface area contributed by atoms with E-state index in [1.54, 1.807) is 7.11 Å². The van der Waals surface area contributed by atoms with E-state index in [1.807, 2.05) is 26.0 Å². The van der Waals surface area contributed by atoms with Crippen molar-refractivity contribution in [2.24, 2.45) is 11.7 Å². The quantitative estimate of drug-likeness (QED) is 0.738. The maximum atomic E-state index is 12.4. The summed E-state index contributed by atoms with van der Waals surface area (Å²) >= 11 is 0. The van der Waals surface area contributed by atoms with E-state index in [0.29, 0.717) is 18.9 Å². The van der Waals surface area contributed by atoms with Crippen molar-refractivity contribution in [3.63, 3.8) is 0 Å². The maximum Gasteiger partial charge on any atom is 0.163 e. The van der Waals surface area contributed by atoms with Crippen LogP contribution in [0.25, 0.3) is 0 Å². The fraction of sp³-hybridized carbons (Fsp3) is 0.588. The van der Waals surface area contributed by atoms with Crippen molar-refractivity contribution in [3.8, 4) is 5.75 Å². The van der Waals surface area contributed by atoms with Crippen LogP contribution in [-0.2, 0) is 0 Å². The maximum absolute atomic E-state index is 12.4. The zero-order valence-corrected chi connectivity index (χ0v) is 13.2. The lowest BCUT2D eigenvalue weighted by Crippen LogP contribution is -2.11. The van der Waals surface area contributed by atoms with Crippen molar-refractivity contribution < 1.29 is 9.53 Å². The van der Waals surface area contributed by atoms with E-state index >= 15 is 0 Å². The third-order valence-electron chi connectivity index (χ3n) is 3.97. The molecule has 1 rings (SSSR count). The molecular formula is C17H27NO2. The second-order valence-corrected chi connectivity index (χ2v) is 5.45. The molecule has 0 amide bonds. The summed E-state index contributed by atoms with van der Waals surface area (Å²) < 4.78 is 5.28. The number of rotatable bonds is 8. The number of hydrogen-bond acceptors (Lipinski definition) is 3. The molecule has 1 aromatic carbocycles. The van der Waals surface area contributed by atoms with Crippen LogP contribution in [0.15, 0.2) is 12.1 Å². The van der Waals surface area contributed by atoms with E-state index < -0.39 is 0 Å². The Bertz CT molecular complexity index is 455. The minimum atomic E-state index is 0.226. The number of hydrogen-bond donors (Lipinski definition) is 1. The molecule has 112 valence electrons. The van der Waals surface area contributed by atoms with Crippen LogP contribution < -0.4 is 10.5 Å². The third kappa shape index (κ3) is 4.34. The third-order valence-corrected chi connectivity index (χ3v) is 3.97. The molecule has 2 N–H and O–H groups in total. The monoisotopic (exact) mass is 277 g/mol. The van der Waals surface area contributed by atoms with Gasteiger partial charge in [-0.05, 0) is 62.4 Å². The SMILES string of the molecule is CCC(CCN)CCC(=O)c1cc(C)c(OC)cc1C. The predicted octanol–water partition coefficient (Wildman–Crippen LogP) is 3.65. The molecule has 0 aliphatic heterocycles. The van der Waals surface area contributed by atoms with Crippen LogP contribution >= 0.6 is 0 Å². The molecule has 3 heteroatoms. The van der Waals surface area contributed by atoms with Gasteiger partial charge in [0.25, 0.3) is 0 Å². The molecule has 20 heavy (non-hydrogen) atoms. The number of benzene rings is 1. The molecule has 0 fully saturated rings. The lowest BCUT2D eigenvalue weighted by Gasteiger charge is -2.14. The van der Waals surface area contributed by atoms with Crippen molar-refractivity contribution in [2.75, 3.05) is 13.7 Å². The second-order valence-electron chi connectivity index (χ2n) is 5.45. The lowest BCUT2D eigenvalue weighted by atomic mass is 9.92. The van der Waals surface area contributed by atoms with E-state index in [-0.39, 0.29) is 5.78 Å². The lowest BCUT2D eigenvalue weighted by molar-refractivity contribution is 0.0972. The van der Waals surface area contributed by atoms with Gasteiger partial charge in [-0.1, -0.05) is 13.3 Å². The smallest absolute Gasteiger partial charge is 0.163 e. The molecule has 1 unspecified atom stereocenters. The Kier molecular flexibility index (Phi) is 6.73. The molecule has 0 saturated heterocycles. The fourth-order valence-electron chi connectivity index (χ4n) is 2.57. The van der Waals surface area contributed by atoms with Crippen molar-refractivity contribution >= 4 is 5.78 Å². The van der Waals surface area contributed by atoms with Gasteiger partial charge in [0.1, 0.15) is 5.75 Å². The van der Waals surface area contributed by atoms with E-state index in [0.717, 1.165) is 41.7 Å². The highest BCUT2D eigenvalue weighted by atomic mass is 16.5. The van der Waals surface area contributed by atoms with Crippen LogP contribution in [0, 0.1) is 19.8 Å². The van der Waals surface area contributed by atoms with Gasteiger partial charge in [-0.25, -0.2) is 0 Å². The fourth-order valence-corrected chi connectivity index (χ4v) is 2.57. The summed E-state index contributed by atoms with van der Waals surface area (Å²) in [5.41, 5.74) is 8.42. The van der Waals surface area contributed by atoms with Crippen molar-refractivity contribution in [1.29, 1.82) is 0 Å². The van der Waals surface area contributed by atoms with Gasteiger partial charge in [-0.15, -0.1) is 0 Å². The van der Waals surface area contributed by atoms with Gasteiger partial charge >= 0.3 is 0 Å². The van der Waals surface area contributed by atoms with Gasteiger partial charge in [0.2, 0.25) is 0 Å². The number of ketones is 1. The summed E-state index contributed by atoms with van der Waals surface area (Å²) in [7, 11) is 1.65. The molecule has 1 atom stereocenters. The average Bonchev–Trinajstić information content (AvgIpc) is 2.44. The number of ether oxygens (including phenoxy) is 1. The molecule has 0 aliphatic rings. The molecule has 0 heterocycles. The number of nitrogens with two attached hydrogens (primary N) is 1. The highest BCUT2D eigenvalue weighted by Crippen LogP contribution is 2.24. The van der Waals surface area contributed by atoms with Crippen LogP contribution in [0.3, 0.4) is 0 Å². The molecule has 3 nitrogen and oxygen atoms in total. The second kappa shape index (κ2) is 8.05. The van der Waals surface area contributed by atoms with Gasteiger partial charge in [-0.3, -0.25) is 4.79 Å². The van der Waals surface area contributed by atoms with E-state index in [2.05, 4.69) is 6.92 Å². The van der Waals surface area contributed by atoms with Crippen LogP contribution in [0.5, 0.6) is 5.75 Å². The topological polar surface area (TPSA) is 52.3 Å². The van der Waals surface area contributed by atoms with Crippen molar-refractivity contribution in [2.45, 2.75) is 46.5 Å². The summed E-state index contributed by atoms with van der Waals surface area (Å²) in [6.45, 7) is 6.80. The van der Waals surface area contributed by atoms with Gasteiger partial charge in [0.05, 0.1) is 7.11 Å². The Morgan fingerprint density at radius 2 is 1.95 bits per heavy atom. The summed E-state index contributed by atoms with van der Waals surface area (Å²) in [6, 6.07) is 3.89. The van der Waals surface area contributed by atoms with Crippen molar-refractivity contribution in [1.82, 2.24) is 0 Å². The van der Waals surface area contributed by atoms with E-state index in [1.165, 1.54) is 0 Å². The Morgan fingerprint density at radius 3 is 2.50 bits per heavy atom. The molecule has 0 spiro atoms. The zero-order chi connectivity index (χ0) is 15.1. The number of carbonyl (C=O) groups excluding carboxylic acids is 1. The zero-order valence-electron chi connectivity index (χ0n) is 13.2. The molecule has 0 aliphatic carbocycles. The van der Waals surface area contributed by atoms with E-state index in [9.17, 15) is 4.79 Å². The number of Topliss-reactive ketones (excluding diaryl/α,β-unsaturated/α-hetero) is 1. The first kappa shape index (κ1) is 16.7. The number of aryl methyl sites for hydroxylation is 2.